The minimum atomic E-state index is -0.646. The Morgan fingerprint density at radius 3 is 3.00 bits per heavy atom. The van der Waals surface area contributed by atoms with Crippen LogP contribution in [0.2, 0.25) is 0 Å². The number of rotatable bonds is 3. The lowest BCUT2D eigenvalue weighted by Gasteiger charge is -2.31. The zero-order chi connectivity index (χ0) is 13.8. The predicted octanol–water partition coefficient (Wildman–Crippen LogP) is -0.762. The molecule has 0 amide bonds. The van der Waals surface area contributed by atoms with Crippen LogP contribution in [-0.4, -0.2) is 40.8 Å². The molecule has 1 saturated heterocycles. The minimum absolute atomic E-state index is 0.133. The lowest BCUT2D eigenvalue weighted by atomic mass is 9.98. The quantitative estimate of drug-likeness (QED) is 0.697. The maximum atomic E-state index is 11.7. The summed E-state index contributed by atoms with van der Waals surface area (Å²) >= 11 is 0. The number of nitrogens with zero attached hydrogens (tertiary/aromatic N) is 2. The number of nitrogens with one attached hydrogen (secondary N) is 2. The van der Waals surface area contributed by atoms with Gasteiger partial charge in [-0.1, -0.05) is 0 Å². The van der Waals surface area contributed by atoms with Gasteiger partial charge in [0.05, 0.1) is 12.5 Å². The highest BCUT2D eigenvalue weighted by atomic mass is 16.5. The fraction of sp³-hybridized carbons (Fsp3) is 0.636. The van der Waals surface area contributed by atoms with E-state index in [-0.39, 0.29) is 17.7 Å². The molecule has 1 unspecified atom stereocenters. The Morgan fingerprint density at radius 1 is 1.53 bits per heavy atom. The van der Waals surface area contributed by atoms with Crippen LogP contribution in [0.1, 0.15) is 19.8 Å². The van der Waals surface area contributed by atoms with Gasteiger partial charge in [-0.3, -0.25) is 14.6 Å². The van der Waals surface area contributed by atoms with Crippen molar-refractivity contribution >= 4 is 11.8 Å². The van der Waals surface area contributed by atoms with Gasteiger partial charge >= 0.3 is 11.7 Å². The van der Waals surface area contributed by atoms with Crippen molar-refractivity contribution in [2.24, 2.45) is 5.92 Å². The van der Waals surface area contributed by atoms with Gasteiger partial charge < -0.3 is 9.64 Å². The van der Waals surface area contributed by atoms with E-state index in [4.69, 9.17) is 4.74 Å². The third-order valence-corrected chi connectivity index (χ3v) is 3.03. The molecule has 2 rings (SSSR count). The summed E-state index contributed by atoms with van der Waals surface area (Å²) in [4.78, 5) is 38.1. The summed E-state index contributed by atoms with van der Waals surface area (Å²) in [6.07, 6.45) is 1.50. The molecule has 0 aliphatic carbocycles. The number of piperidine rings is 1. The summed E-state index contributed by atoms with van der Waals surface area (Å²) in [5, 5.41) is 5.92. The fourth-order valence-electron chi connectivity index (χ4n) is 2.18. The maximum Gasteiger partial charge on any atom is 0.342 e. The molecule has 104 valence electrons. The van der Waals surface area contributed by atoms with Gasteiger partial charge in [0.15, 0.2) is 0 Å². The largest absolute Gasteiger partial charge is 0.466 e. The number of hydrogen-bond acceptors (Lipinski definition) is 6. The third kappa shape index (κ3) is 3.01. The van der Waals surface area contributed by atoms with Crippen molar-refractivity contribution in [1.29, 1.82) is 0 Å². The second-order valence-electron chi connectivity index (χ2n) is 4.37. The number of hydrogen-bond donors (Lipinski definition) is 2. The minimum Gasteiger partial charge on any atom is -0.466 e. The van der Waals surface area contributed by atoms with Crippen molar-refractivity contribution in [3.05, 3.63) is 20.8 Å². The first-order chi connectivity index (χ1) is 9.11. The normalized spacial score (nSPS) is 19.2. The molecule has 0 spiro atoms. The number of esters is 1. The van der Waals surface area contributed by atoms with Crippen molar-refractivity contribution in [1.82, 2.24) is 15.2 Å². The number of aromatic amines is 2. The molecule has 8 heteroatoms. The van der Waals surface area contributed by atoms with Crippen LogP contribution in [0.3, 0.4) is 0 Å². The molecule has 1 aromatic rings. The first-order valence-electron chi connectivity index (χ1n) is 6.22. The molecule has 1 atom stereocenters. The van der Waals surface area contributed by atoms with E-state index in [2.05, 4.69) is 15.2 Å². The molecule has 1 aliphatic rings. The third-order valence-electron chi connectivity index (χ3n) is 3.03. The van der Waals surface area contributed by atoms with Crippen LogP contribution in [0.15, 0.2) is 9.59 Å². The smallest absolute Gasteiger partial charge is 0.342 e. The molecule has 0 aromatic carbocycles. The van der Waals surface area contributed by atoms with Crippen LogP contribution < -0.4 is 16.1 Å². The Hall–Kier alpha value is -2.12. The number of anilines is 1. The summed E-state index contributed by atoms with van der Waals surface area (Å²) in [5.74, 6) is -0.386. The standard InChI is InChI=1S/C11H16N4O4/c1-2-19-10(17)7-4-3-5-15(6-7)8-9(16)12-11(18)14-13-8/h7H,2-6H2,1H3,(H2,12,14,16,18). The number of aromatic nitrogens is 3. The zero-order valence-corrected chi connectivity index (χ0v) is 10.6. The van der Waals surface area contributed by atoms with E-state index in [1.165, 1.54) is 0 Å². The Morgan fingerprint density at radius 2 is 2.32 bits per heavy atom. The topological polar surface area (TPSA) is 108 Å². The van der Waals surface area contributed by atoms with Crippen molar-refractivity contribution in [2.45, 2.75) is 19.8 Å². The Balaban J connectivity index is 2.15. The van der Waals surface area contributed by atoms with Crippen molar-refractivity contribution < 1.29 is 9.53 Å². The molecule has 2 N–H and O–H groups in total. The highest BCUT2D eigenvalue weighted by Crippen LogP contribution is 2.19. The van der Waals surface area contributed by atoms with E-state index in [9.17, 15) is 14.4 Å². The van der Waals surface area contributed by atoms with Crippen LogP contribution in [0, 0.1) is 5.92 Å². The van der Waals surface area contributed by atoms with Gasteiger partial charge in [-0.15, -0.1) is 5.10 Å². The molecule has 0 bridgehead atoms. The fourth-order valence-corrected chi connectivity index (χ4v) is 2.18. The van der Waals surface area contributed by atoms with E-state index >= 15 is 0 Å². The Bertz CT molecular complexity index is 564. The number of carbonyl (C=O) groups is 1. The van der Waals surface area contributed by atoms with Crippen LogP contribution in [0.4, 0.5) is 5.82 Å². The lowest BCUT2D eigenvalue weighted by molar-refractivity contribution is -0.148. The van der Waals surface area contributed by atoms with Gasteiger partial charge in [-0.05, 0) is 19.8 Å². The van der Waals surface area contributed by atoms with Gasteiger partial charge in [0.2, 0.25) is 5.82 Å². The maximum absolute atomic E-state index is 11.7. The first-order valence-corrected chi connectivity index (χ1v) is 6.22. The van der Waals surface area contributed by atoms with Crippen molar-refractivity contribution in [3.8, 4) is 0 Å². The Labute approximate surface area is 108 Å². The van der Waals surface area contributed by atoms with Crippen molar-refractivity contribution in [2.75, 3.05) is 24.6 Å². The van der Waals surface area contributed by atoms with Gasteiger partial charge in [0.1, 0.15) is 0 Å². The van der Waals surface area contributed by atoms with Crippen LogP contribution >= 0.6 is 0 Å². The summed E-state index contributed by atoms with van der Waals surface area (Å²) in [6.45, 7) is 3.10. The molecule has 1 aromatic heterocycles. The average Bonchev–Trinajstić information content (AvgIpc) is 2.39. The molecule has 0 saturated carbocycles. The second-order valence-corrected chi connectivity index (χ2v) is 4.37. The van der Waals surface area contributed by atoms with E-state index < -0.39 is 11.2 Å². The highest BCUT2D eigenvalue weighted by Gasteiger charge is 2.28. The molecular formula is C11H16N4O4. The average molecular weight is 268 g/mol. The molecule has 8 nitrogen and oxygen atoms in total. The van der Waals surface area contributed by atoms with E-state index in [1.54, 1.807) is 11.8 Å². The molecule has 2 heterocycles. The van der Waals surface area contributed by atoms with Gasteiger partial charge in [0, 0.05) is 13.1 Å². The SMILES string of the molecule is CCOC(=O)C1CCCN(c2n[nH]c(=O)[nH]c2=O)C1. The number of H-pyrrole nitrogens is 2. The zero-order valence-electron chi connectivity index (χ0n) is 10.6. The van der Waals surface area contributed by atoms with Crippen LogP contribution in [0.5, 0.6) is 0 Å². The van der Waals surface area contributed by atoms with E-state index in [0.29, 0.717) is 19.7 Å². The molecule has 1 fully saturated rings. The predicted molar refractivity (Wildman–Crippen MR) is 67.0 cm³/mol. The highest BCUT2D eigenvalue weighted by molar-refractivity contribution is 5.73. The molecule has 1 aliphatic heterocycles. The molecule has 19 heavy (non-hydrogen) atoms. The van der Waals surface area contributed by atoms with Gasteiger partial charge in [-0.2, -0.15) is 0 Å². The molecule has 0 radical (unpaired) electrons. The van der Waals surface area contributed by atoms with Crippen molar-refractivity contribution in [3.63, 3.8) is 0 Å². The number of ether oxygens (including phenoxy) is 1. The summed E-state index contributed by atoms with van der Waals surface area (Å²) in [6, 6.07) is 0. The van der Waals surface area contributed by atoms with Gasteiger partial charge in [0.25, 0.3) is 5.56 Å². The second kappa shape index (κ2) is 5.68. The molecular weight excluding hydrogens is 252 g/mol. The Kier molecular flexibility index (Phi) is 3.98. The van der Waals surface area contributed by atoms with E-state index in [0.717, 1.165) is 12.8 Å². The monoisotopic (exact) mass is 268 g/mol. The van der Waals surface area contributed by atoms with E-state index in [1.807, 2.05) is 0 Å². The summed E-state index contributed by atoms with van der Waals surface area (Å²) in [5.41, 5.74) is -1.19. The van der Waals surface area contributed by atoms with Crippen LogP contribution in [-0.2, 0) is 9.53 Å². The van der Waals surface area contributed by atoms with Gasteiger partial charge in [-0.25, -0.2) is 9.89 Å². The summed E-state index contributed by atoms with van der Waals surface area (Å²) in [7, 11) is 0. The number of carbonyl (C=O) groups excluding carboxylic acids is 1. The first kappa shape index (κ1) is 13.3. The van der Waals surface area contributed by atoms with Crippen LogP contribution in [0.25, 0.3) is 0 Å². The summed E-state index contributed by atoms with van der Waals surface area (Å²) < 4.78 is 4.99. The lowest BCUT2D eigenvalue weighted by Crippen LogP contribution is -2.43.